The fraction of sp³-hybridized carbons (Fsp3) is 0.400. The van der Waals surface area contributed by atoms with Crippen LogP contribution in [0.15, 0.2) is 24.4 Å². The molecule has 14 heavy (non-hydrogen) atoms. The number of carbonyl (C=O) groups is 1. The monoisotopic (exact) mass is 194 g/mol. The van der Waals surface area contributed by atoms with Crippen molar-refractivity contribution in [2.45, 2.75) is 20.0 Å². The van der Waals surface area contributed by atoms with Crippen molar-refractivity contribution >= 4 is 11.7 Å². The number of nitrogens with zero attached hydrogens (tertiary/aromatic N) is 1. The summed E-state index contributed by atoms with van der Waals surface area (Å²) in [6.45, 7) is 4.09. The molecule has 0 fully saturated rings. The molecule has 1 aromatic rings. The van der Waals surface area contributed by atoms with E-state index in [1.807, 2.05) is 13.0 Å². The number of nitrogens with one attached hydrogen (secondary N) is 1. The molecule has 0 aromatic carbocycles. The molecular weight excluding hydrogens is 180 g/mol. The number of carbonyl (C=O) groups excluding carboxylic acids is 1. The number of aromatic nitrogens is 1. The van der Waals surface area contributed by atoms with E-state index in [-0.39, 0.29) is 5.91 Å². The molecule has 0 aliphatic rings. The highest BCUT2D eigenvalue weighted by Crippen LogP contribution is 2.02. The summed E-state index contributed by atoms with van der Waals surface area (Å²) in [5.41, 5.74) is 0. The van der Waals surface area contributed by atoms with Crippen molar-refractivity contribution in [3.8, 4) is 0 Å². The quantitative estimate of drug-likeness (QED) is 0.789. The second kappa shape index (κ2) is 5.34. The number of pyridine rings is 1. The van der Waals surface area contributed by atoms with Gasteiger partial charge in [-0.2, -0.15) is 0 Å². The van der Waals surface area contributed by atoms with E-state index in [2.05, 4.69) is 10.3 Å². The van der Waals surface area contributed by atoms with E-state index in [1.54, 1.807) is 25.3 Å². The normalized spacial score (nSPS) is 12.1. The summed E-state index contributed by atoms with van der Waals surface area (Å²) >= 11 is 0. The zero-order valence-corrected chi connectivity index (χ0v) is 8.36. The van der Waals surface area contributed by atoms with Crippen molar-refractivity contribution in [1.82, 2.24) is 4.98 Å². The first-order valence-electron chi connectivity index (χ1n) is 4.57. The van der Waals surface area contributed by atoms with Crippen LogP contribution in [0, 0.1) is 0 Å². The number of rotatable bonds is 4. The maximum Gasteiger partial charge on any atom is 0.254 e. The topological polar surface area (TPSA) is 51.2 Å². The van der Waals surface area contributed by atoms with Crippen LogP contribution in [0.1, 0.15) is 13.8 Å². The Kier molecular flexibility index (Phi) is 4.07. The van der Waals surface area contributed by atoms with Crippen LogP contribution in [0.3, 0.4) is 0 Å². The van der Waals surface area contributed by atoms with Crippen LogP contribution in [0.2, 0.25) is 0 Å². The van der Waals surface area contributed by atoms with E-state index in [0.29, 0.717) is 12.4 Å². The molecule has 1 atom stereocenters. The van der Waals surface area contributed by atoms with Crippen molar-refractivity contribution in [1.29, 1.82) is 0 Å². The van der Waals surface area contributed by atoms with Gasteiger partial charge in [0, 0.05) is 12.8 Å². The van der Waals surface area contributed by atoms with E-state index in [1.165, 1.54) is 0 Å². The first-order valence-corrected chi connectivity index (χ1v) is 4.57. The molecule has 76 valence electrons. The van der Waals surface area contributed by atoms with Crippen molar-refractivity contribution in [3.05, 3.63) is 24.4 Å². The SMILES string of the molecule is CCO[C@H](C)C(=O)Nc1ccccn1. The molecule has 4 nitrogen and oxygen atoms in total. The molecular formula is C10H14N2O2. The third kappa shape index (κ3) is 3.14. The van der Waals surface area contributed by atoms with Gasteiger partial charge in [-0.15, -0.1) is 0 Å². The first-order chi connectivity index (χ1) is 6.74. The number of hydrogen-bond acceptors (Lipinski definition) is 3. The van der Waals surface area contributed by atoms with Crippen LogP contribution in [-0.4, -0.2) is 23.6 Å². The second-order valence-electron chi connectivity index (χ2n) is 2.80. The number of hydrogen-bond donors (Lipinski definition) is 1. The van der Waals surface area contributed by atoms with E-state index < -0.39 is 6.10 Å². The van der Waals surface area contributed by atoms with Crippen LogP contribution in [0.25, 0.3) is 0 Å². The zero-order valence-electron chi connectivity index (χ0n) is 8.36. The van der Waals surface area contributed by atoms with Crippen molar-refractivity contribution in [2.24, 2.45) is 0 Å². The summed E-state index contributed by atoms with van der Waals surface area (Å²) in [7, 11) is 0. The van der Waals surface area contributed by atoms with Gasteiger partial charge in [0.25, 0.3) is 5.91 Å². The molecule has 0 radical (unpaired) electrons. The fourth-order valence-electron chi connectivity index (χ4n) is 0.990. The van der Waals surface area contributed by atoms with Gasteiger partial charge >= 0.3 is 0 Å². The molecule has 0 saturated heterocycles. The maximum absolute atomic E-state index is 11.4. The molecule has 1 N–H and O–H groups in total. The van der Waals surface area contributed by atoms with Gasteiger partial charge < -0.3 is 10.1 Å². The molecule has 0 bridgehead atoms. The van der Waals surface area contributed by atoms with Gasteiger partial charge in [0.15, 0.2) is 0 Å². The third-order valence-corrected chi connectivity index (χ3v) is 1.70. The molecule has 0 aliphatic heterocycles. The lowest BCUT2D eigenvalue weighted by Crippen LogP contribution is -2.27. The molecule has 4 heteroatoms. The predicted molar refractivity (Wildman–Crippen MR) is 54.0 cm³/mol. The Bertz CT molecular complexity index is 287. The van der Waals surface area contributed by atoms with Gasteiger partial charge in [0.1, 0.15) is 11.9 Å². The minimum absolute atomic E-state index is 0.175. The van der Waals surface area contributed by atoms with Gasteiger partial charge in [0.05, 0.1) is 0 Å². The summed E-state index contributed by atoms with van der Waals surface area (Å²) in [5, 5.41) is 2.65. The predicted octanol–water partition coefficient (Wildman–Crippen LogP) is 1.45. The highest BCUT2D eigenvalue weighted by Gasteiger charge is 2.12. The third-order valence-electron chi connectivity index (χ3n) is 1.70. The van der Waals surface area contributed by atoms with E-state index in [0.717, 1.165) is 0 Å². The van der Waals surface area contributed by atoms with Crippen LogP contribution >= 0.6 is 0 Å². The molecule has 0 spiro atoms. The Hall–Kier alpha value is -1.42. The Morgan fingerprint density at radius 2 is 2.43 bits per heavy atom. The molecule has 1 amide bonds. The largest absolute Gasteiger partial charge is 0.369 e. The molecule has 1 aromatic heterocycles. The fourth-order valence-corrected chi connectivity index (χ4v) is 0.990. The van der Waals surface area contributed by atoms with E-state index in [4.69, 9.17) is 4.74 Å². The lowest BCUT2D eigenvalue weighted by atomic mass is 10.3. The van der Waals surface area contributed by atoms with Gasteiger partial charge in [-0.05, 0) is 26.0 Å². The Labute approximate surface area is 83.3 Å². The summed E-state index contributed by atoms with van der Waals surface area (Å²) in [6.07, 6.45) is 1.18. The average molecular weight is 194 g/mol. The number of anilines is 1. The summed E-state index contributed by atoms with van der Waals surface area (Å²) < 4.78 is 5.14. The van der Waals surface area contributed by atoms with Crippen molar-refractivity contribution < 1.29 is 9.53 Å². The lowest BCUT2D eigenvalue weighted by molar-refractivity contribution is -0.126. The van der Waals surface area contributed by atoms with Gasteiger partial charge in [-0.25, -0.2) is 4.98 Å². The van der Waals surface area contributed by atoms with Crippen LogP contribution < -0.4 is 5.32 Å². The van der Waals surface area contributed by atoms with Crippen molar-refractivity contribution in [2.75, 3.05) is 11.9 Å². The van der Waals surface area contributed by atoms with Gasteiger partial charge in [-0.3, -0.25) is 4.79 Å². The second-order valence-corrected chi connectivity index (χ2v) is 2.80. The maximum atomic E-state index is 11.4. The van der Waals surface area contributed by atoms with Gasteiger partial charge in [-0.1, -0.05) is 6.07 Å². The van der Waals surface area contributed by atoms with E-state index in [9.17, 15) is 4.79 Å². The molecule has 1 heterocycles. The van der Waals surface area contributed by atoms with Crippen LogP contribution in [-0.2, 0) is 9.53 Å². The summed E-state index contributed by atoms with van der Waals surface area (Å²) in [6, 6.07) is 5.34. The number of amides is 1. The van der Waals surface area contributed by atoms with Crippen LogP contribution in [0.4, 0.5) is 5.82 Å². The Morgan fingerprint density at radius 1 is 1.64 bits per heavy atom. The van der Waals surface area contributed by atoms with E-state index >= 15 is 0 Å². The molecule has 0 saturated carbocycles. The molecule has 1 rings (SSSR count). The zero-order chi connectivity index (χ0) is 10.4. The molecule has 0 unspecified atom stereocenters. The highest BCUT2D eigenvalue weighted by molar-refractivity contribution is 5.92. The highest BCUT2D eigenvalue weighted by atomic mass is 16.5. The summed E-state index contributed by atoms with van der Waals surface area (Å²) in [4.78, 5) is 15.4. The standard InChI is InChI=1S/C10H14N2O2/c1-3-14-8(2)10(13)12-9-6-4-5-7-11-9/h4-8H,3H2,1-2H3,(H,11,12,13)/t8-/m1/s1. The average Bonchev–Trinajstić information content (AvgIpc) is 2.19. The summed E-state index contributed by atoms with van der Waals surface area (Å²) in [5.74, 6) is 0.370. The minimum Gasteiger partial charge on any atom is -0.369 e. The minimum atomic E-state index is -0.443. The van der Waals surface area contributed by atoms with Gasteiger partial charge in [0.2, 0.25) is 0 Å². The smallest absolute Gasteiger partial charge is 0.254 e. The Morgan fingerprint density at radius 3 is 3.00 bits per heavy atom. The van der Waals surface area contributed by atoms with Crippen molar-refractivity contribution in [3.63, 3.8) is 0 Å². The molecule has 0 aliphatic carbocycles. The lowest BCUT2D eigenvalue weighted by Gasteiger charge is -2.10. The Balaban J connectivity index is 2.49. The number of ether oxygens (including phenoxy) is 1. The first kappa shape index (κ1) is 10.7. The van der Waals surface area contributed by atoms with Crippen LogP contribution in [0.5, 0.6) is 0 Å².